The predicted molar refractivity (Wildman–Crippen MR) is 277 cm³/mol. The maximum absolute atomic E-state index is 13.9. The summed E-state index contributed by atoms with van der Waals surface area (Å²) >= 11 is 0. The van der Waals surface area contributed by atoms with Crippen LogP contribution in [-0.4, -0.2) is 90.0 Å². The van der Waals surface area contributed by atoms with Crippen LogP contribution in [0, 0.1) is 29.6 Å². The first-order valence-corrected chi connectivity index (χ1v) is 27.1. The van der Waals surface area contributed by atoms with Gasteiger partial charge in [0.1, 0.15) is 24.0 Å². The van der Waals surface area contributed by atoms with Crippen molar-refractivity contribution in [3.63, 3.8) is 0 Å². The zero-order chi connectivity index (χ0) is 50.8. The number of rotatable bonds is 14. The van der Waals surface area contributed by atoms with Gasteiger partial charge in [-0.2, -0.15) is 0 Å². The van der Waals surface area contributed by atoms with Gasteiger partial charge in [0.15, 0.2) is 17.7 Å². The van der Waals surface area contributed by atoms with Crippen molar-refractivity contribution in [2.24, 2.45) is 29.6 Å². The van der Waals surface area contributed by atoms with Crippen molar-refractivity contribution in [3.8, 4) is 45.6 Å². The maximum atomic E-state index is 13.9. The molecule has 0 spiro atoms. The highest BCUT2D eigenvalue weighted by Gasteiger charge is 2.68. The van der Waals surface area contributed by atoms with E-state index in [1.54, 1.807) is 24.1 Å². The second-order valence-electron chi connectivity index (χ2n) is 22.5. The van der Waals surface area contributed by atoms with Gasteiger partial charge in [-0.05, 0) is 127 Å². The lowest BCUT2D eigenvalue weighted by atomic mass is 9.37. The van der Waals surface area contributed by atoms with Crippen LogP contribution in [0.5, 0.6) is 34.5 Å². The van der Waals surface area contributed by atoms with Crippen LogP contribution in [0.2, 0.25) is 0 Å². The first-order valence-electron chi connectivity index (χ1n) is 27.1. The Bertz CT molecular complexity index is 3020. The Morgan fingerprint density at radius 2 is 1.65 bits per heavy atom. The van der Waals surface area contributed by atoms with Gasteiger partial charge in [0.2, 0.25) is 5.75 Å². The van der Waals surface area contributed by atoms with Crippen molar-refractivity contribution in [1.82, 2.24) is 10.2 Å². The quantitative estimate of drug-likeness (QED) is 0.0402. The third kappa shape index (κ3) is 6.75. The number of aliphatic hydroxyl groups excluding tert-OH is 3. The number of methoxy groups -OCH3 is 2. The van der Waals surface area contributed by atoms with Gasteiger partial charge in [-0.25, -0.2) is 0 Å². The number of amides is 2. The molecule has 0 saturated heterocycles. The molecule has 4 aromatic carbocycles. The number of phenols is 1. The Kier molecular flexibility index (Phi) is 11.6. The molecule has 6 N–H and O–H groups in total. The average molecular weight is 1010 g/mol. The lowest BCUT2D eigenvalue weighted by Gasteiger charge is -2.68. The minimum absolute atomic E-state index is 0.0391. The van der Waals surface area contributed by atoms with Crippen molar-refractivity contribution in [2.45, 2.75) is 113 Å². The number of nitrogens with one attached hydrogen (secondary N) is 2. The van der Waals surface area contributed by atoms with E-state index in [0.29, 0.717) is 70.8 Å². The predicted octanol–water partition coefficient (Wildman–Crippen LogP) is 8.48. The van der Waals surface area contributed by atoms with E-state index in [0.717, 1.165) is 85.6 Å². The van der Waals surface area contributed by atoms with Crippen molar-refractivity contribution < 1.29 is 53.7 Å². The molecule has 3 heterocycles. The van der Waals surface area contributed by atoms with Crippen LogP contribution in [0.25, 0.3) is 17.2 Å². The zero-order valence-corrected chi connectivity index (χ0v) is 42.5. The topological polar surface area (TPSA) is 189 Å². The number of nitrogens with zero attached hydrogens (tertiary/aromatic N) is 1. The van der Waals surface area contributed by atoms with Crippen LogP contribution in [0.4, 0.5) is 5.69 Å². The highest BCUT2D eigenvalue weighted by Crippen LogP contribution is 2.70. The van der Waals surface area contributed by atoms with Crippen molar-refractivity contribution >= 4 is 23.6 Å². The SMILES string of the molecule is CCNCOc1cc(OC)c2c3c1C(O)Nc1cc4c(c(c1-3)CC2)C(O)C(c1cc(OC)c(O)c(OCC(CO)C23c5c6cccc5C5CCC(CC(C7(N8C(=O)C=CC8=O)CCCCC7)C2C=C6)C3C5)c1)CO4. The molecule has 2 bridgehead atoms. The molecule has 3 saturated carbocycles. The fraction of sp³-hybridized carbons (Fsp3) is 0.500. The Morgan fingerprint density at radius 1 is 0.865 bits per heavy atom. The van der Waals surface area contributed by atoms with E-state index >= 15 is 0 Å². The molecular formula is C60H67N3O11. The molecule has 3 fully saturated rings. The summed E-state index contributed by atoms with van der Waals surface area (Å²) in [5, 5.41) is 54.8. The highest BCUT2D eigenvalue weighted by molar-refractivity contribution is 6.13. The minimum atomic E-state index is -1.06. The second-order valence-corrected chi connectivity index (χ2v) is 22.5. The molecule has 6 aliphatic carbocycles. The van der Waals surface area contributed by atoms with E-state index in [2.05, 4.69) is 41.0 Å². The van der Waals surface area contributed by atoms with Gasteiger partial charge < -0.3 is 49.4 Å². The standard InChI is InChI=1S/C60H67N3O11/c1-4-61-30-74-46-26-44(70-2)37-14-15-38-51-43(62-58(69)54(46)53(37)51)25-45-52(38)56(67)39(29-73-45)34-23-47(71-3)57(68)48(24-34)72-28-35(27-64)60-40-16-13-31-9-8-10-36(55(31)60)32-11-12-33(41(60)21-32)22-42(40)59(19-6-5-7-20-59)63-49(65)17-18-50(63)66/h8-10,13,16-18,23-26,32-33,35,39-42,56,58,61-62,64,67-69H,4-7,11-12,14-15,19-22,27-30H2,1-3H3. The number of fused-ring (bicyclic) bond motifs is 4. The largest absolute Gasteiger partial charge is 0.502 e. The number of benzene rings is 4. The van der Waals surface area contributed by atoms with Crippen LogP contribution in [0.15, 0.2) is 60.7 Å². The number of phenolic OH excluding ortho intramolecular Hbond substituents is 1. The van der Waals surface area contributed by atoms with Crippen LogP contribution in [0.1, 0.15) is 133 Å². The fourth-order valence-corrected chi connectivity index (χ4v) is 16.6. The summed E-state index contributed by atoms with van der Waals surface area (Å²) < 4.78 is 31.5. The molecule has 9 aliphatic rings. The smallest absolute Gasteiger partial charge is 0.254 e. The van der Waals surface area contributed by atoms with E-state index in [9.17, 15) is 30.0 Å². The van der Waals surface area contributed by atoms with Gasteiger partial charge in [0, 0.05) is 69.5 Å². The van der Waals surface area contributed by atoms with Gasteiger partial charge in [-0.1, -0.05) is 56.5 Å². The van der Waals surface area contributed by atoms with Crippen molar-refractivity contribution in [3.05, 3.63) is 105 Å². The third-order valence-electron chi connectivity index (χ3n) is 19.5. The van der Waals surface area contributed by atoms with Crippen LogP contribution >= 0.6 is 0 Å². The molecule has 74 heavy (non-hydrogen) atoms. The molecule has 14 nitrogen and oxygen atoms in total. The zero-order valence-electron chi connectivity index (χ0n) is 42.5. The number of imide groups is 1. The number of hydrogen-bond acceptors (Lipinski definition) is 13. The van der Waals surface area contributed by atoms with E-state index in [4.69, 9.17) is 23.7 Å². The Morgan fingerprint density at radius 3 is 2.42 bits per heavy atom. The molecule has 3 aliphatic heterocycles. The molecule has 13 rings (SSSR count). The molecule has 10 atom stereocenters. The molecule has 4 aromatic rings. The number of aromatic hydroxyl groups is 1. The number of carbonyl (C=O) groups is 2. The number of ether oxygens (including phenoxy) is 5. The number of anilines is 1. The molecular weight excluding hydrogens is 939 g/mol. The van der Waals surface area contributed by atoms with Crippen molar-refractivity contribution in [2.75, 3.05) is 52.6 Å². The molecule has 14 heteroatoms. The normalized spacial score (nSPS) is 29.4. The molecule has 2 amide bonds. The monoisotopic (exact) mass is 1010 g/mol. The number of hydrogen-bond donors (Lipinski definition) is 6. The summed E-state index contributed by atoms with van der Waals surface area (Å²) in [5.41, 5.74) is 8.74. The number of carbonyl (C=O) groups excluding carboxylic acids is 2. The minimum Gasteiger partial charge on any atom is -0.502 e. The molecule has 10 unspecified atom stereocenters. The summed E-state index contributed by atoms with van der Waals surface area (Å²) in [4.78, 5) is 29.4. The van der Waals surface area contributed by atoms with Crippen molar-refractivity contribution in [1.29, 1.82) is 0 Å². The van der Waals surface area contributed by atoms with Gasteiger partial charge >= 0.3 is 0 Å². The lowest BCUT2D eigenvalue weighted by Crippen LogP contribution is -2.68. The van der Waals surface area contributed by atoms with Gasteiger partial charge in [0.25, 0.3) is 11.8 Å². The summed E-state index contributed by atoms with van der Waals surface area (Å²) in [7, 11) is 3.13. The van der Waals surface area contributed by atoms with E-state index in [1.807, 2.05) is 19.1 Å². The maximum Gasteiger partial charge on any atom is 0.254 e. The average Bonchev–Trinajstić information content (AvgIpc) is 3.78. The first-order chi connectivity index (χ1) is 36.1. The first kappa shape index (κ1) is 47.6. The van der Waals surface area contributed by atoms with E-state index in [-0.39, 0.29) is 73.4 Å². The summed E-state index contributed by atoms with van der Waals surface area (Å²) in [6.07, 6.45) is 15.1. The van der Waals surface area contributed by atoms with Gasteiger partial charge in [-0.3, -0.25) is 19.8 Å². The number of aliphatic hydroxyl groups is 3. The summed E-state index contributed by atoms with van der Waals surface area (Å²) in [6, 6.07) is 13.9. The second kappa shape index (κ2) is 18.1. The van der Waals surface area contributed by atoms with Crippen LogP contribution in [0.3, 0.4) is 0 Å². The van der Waals surface area contributed by atoms with Gasteiger partial charge in [-0.15, -0.1) is 0 Å². The van der Waals surface area contributed by atoms with Gasteiger partial charge in [0.05, 0.1) is 51.2 Å². The summed E-state index contributed by atoms with van der Waals surface area (Å²) in [6.45, 7) is 2.95. The molecule has 0 aromatic heterocycles. The lowest BCUT2D eigenvalue weighted by molar-refractivity contribution is -0.160. The third-order valence-corrected chi connectivity index (χ3v) is 19.5. The Balaban J connectivity index is 0.874. The molecule has 388 valence electrons. The summed E-state index contributed by atoms with van der Waals surface area (Å²) in [5.74, 6) is 1.20. The number of allylic oxidation sites excluding steroid dienone is 1. The van der Waals surface area contributed by atoms with Crippen LogP contribution in [-0.2, 0) is 27.8 Å². The fourth-order valence-electron chi connectivity index (χ4n) is 16.6. The molecule has 0 radical (unpaired) electrons. The Hall–Kier alpha value is -6.06. The highest BCUT2D eigenvalue weighted by atomic mass is 16.5. The van der Waals surface area contributed by atoms with E-state index in [1.165, 1.54) is 30.4 Å². The Labute approximate surface area is 431 Å². The van der Waals surface area contributed by atoms with E-state index < -0.39 is 35.1 Å². The van der Waals surface area contributed by atoms with Crippen LogP contribution < -0.4 is 34.3 Å².